The van der Waals surface area contributed by atoms with Gasteiger partial charge in [-0.15, -0.1) is 0 Å². The fourth-order valence-electron chi connectivity index (χ4n) is 1.97. The van der Waals surface area contributed by atoms with Crippen molar-refractivity contribution in [1.82, 2.24) is 5.32 Å². The minimum absolute atomic E-state index is 0.150. The molecule has 0 heterocycles. The number of carboxylic acids is 1. The quantitative estimate of drug-likeness (QED) is 0.777. The standard InChI is InChI=1S/C14H13BrClNO4/c15-11-6-9(16)2-4-12(11)21-7-13(18)17-10-3-1-8(5-10)14(19)20/h1-4,6,8,10H,5,7H2,(H,17,18)(H,19,20). The van der Waals surface area contributed by atoms with Gasteiger partial charge in [0.2, 0.25) is 0 Å². The zero-order chi connectivity index (χ0) is 15.4. The minimum atomic E-state index is -0.885. The normalized spacial score (nSPS) is 20.3. The van der Waals surface area contributed by atoms with E-state index in [2.05, 4.69) is 21.2 Å². The summed E-state index contributed by atoms with van der Waals surface area (Å²) in [6.07, 6.45) is 3.64. The largest absolute Gasteiger partial charge is 0.483 e. The molecule has 2 rings (SSSR count). The molecule has 5 nitrogen and oxygen atoms in total. The van der Waals surface area contributed by atoms with Crippen LogP contribution in [0.3, 0.4) is 0 Å². The van der Waals surface area contributed by atoms with Gasteiger partial charge in [0.1, 0.15) is 5.75 Å². The average molecular weight is 375 g/mol. The van der Waals surface area contributed by atoms with E-state index in [4.69, 9.17) is 21.4 Å². The Morgan fingerprint density at radius 1 is 1.43 bits per heavy atom. The Morgan fingerprint density at radius 3 is 2.81 bits per heavy atom. The van der Waals surface area contributed by atoms with E-state index in [0.717, 1.165) is 0 Å². The van der Waals surface area contributed by atoms with E-state index in [1.54, 1.807) is 30.4 Å². The molecule has 2 atom stereocenters. The number of carbonyl (C=O) groups is 2. The van der Waals surface area contributed by atoms with Crippen LogP contribution in [0.2, 0.25) is 5.02 Å². The van der Waals surface area contributed by atoms with Crippen molar-refractivity contribution in [3.63, 3.8) is 0 Å². The van der Waals surface area contributed by atoms with Crippen LogP contribution in [0, 0.1) is 5.92 Å². The Hall–Kier alpha value is -1.53. The van der Waals surface area contributed by atoms with Gasteiger partial charge in [-0.3, -0.25) is 9.59 Å². The molecule has 7 heteroatoms. The van der Waals surface area contributed by atoms with Crippen molar-refractivity contribution < 1.29 is 19.4 Å². The van der Waals surface area contributed by atoms with Crippen LogP contribution in [-0.4, -0.2) is 29.6 Å². The molecular formula is C14H13BrClNO4. The number of halogens is 2. The van der Waals surface area contributed by atoms with Gasteiger partial charge in [-0.1, -0.05) is 23.8 Å². The fourth-order valence-corrected chi connectivity index (χ4v) is 2.77. The number of amides is 1. The molecule has 0 aliphatic heterocycles. The zero-order valence-corrected chi connectivity index (χ0v) is 13.2. The smallest absolute Gasteiger partial charge is 0.310 e. The van der Waals surface area contributed by atoms with E-state index in [0.29, 0.717) is 21.7 Å². The lowest BCUT2D eigenvalue weighted by Crippen LogP contribution is -2.36. The summed E-state index contributed by atoms with van der Waals surface area (Å²) in [6.45, 7) is -0.150. The van der Waals surface area contributed by atoms with Crippen molar-refractivity contribution in [2.45, 2.75) is 12.5 Å². The van der Waals surface area contributed by atoms with Crippen molar-refractivity contribution in [1.29, 1.82) is 0 Å². The van der Waals surface area contributed by atoms with Crippen molar-refractivity contribution in [2.75, 3.05) is 6.61 Å². The van der Waals surface area contributed by atoms with E-state index in [1.165, 1.54) is 0 Å². The maximum Gasteiger partial charge on any atom is 0.310 e. The Kier molecular flexibility index (Phi) is 5.25. The predicted molar refractivity (Wildman–Crippen MR) is 81.5 cm³/mol. The van der Waals surface area contributed by atoms with Gasteiger partial charge in [-0.25, -0.2) is 0 Å². The summed E-state index contributed by atoms with van der Waals surface area (Å²) >= 11 is 9.10. The van der Waals surface area contributed by atoms with E-state index >= 15 is 0 Å². The third-order valence-electron chi connectivity index (χ3n) is 3.00. The van der Waals surface area contributed by atoms with Gasteiger partial charge in [0, 0.05) is 11.1 Å². The second-order valence-corrected chi connectivity index (χ2v) is 5.89. The first-order valence-corrected chi connectivity index (χ1v) is 7.41. The first-order chi connectivity index (χ1) is 9.95. The Labute approximate surface area is 135 Å². The molecule has 0 spiro atoms. The molecule has 1 aromatic carbocycles. The lowest BCUT2D eigenvalue weighted by atomic mass is 10.1. The average Bonchev–Trinajstić information content (AvgIpc) is 2.86. The van der Waals surface area contributed by atoms with Crippen LogP contribution < -0.4 is 10.1 Å². The maximum absolute atomic E-state index is 11.8. The van der Waals surface area contributed by atoms with Gasteiger partial charge < -0.3 is 15.2 Å². The van der Waals surface area contributed by atoms with Crippen LogP contribution in [0.15, 0.2) is 34.8 Å². The molecule has 2 N–H and O–H groups in total. The van der Waals surface area contributed by atoms with Gasteiger partial charge in [0.15, 0.2) is 6.61 Å². The number of ether oxygens (including phenoxy) is 1. The summed E-state index contributed by atoms with van der Waals surface area (Å²) in [5.41, 5.74) is 0. The monoisotopic (exact) mass is 373 g/mol. The highest BCUT2D eigenvalue weighted by atomic mass is 79.9. The summed E-state index contributed by atoms with van der Waals surface area (Å²) in [5, 5.41) is 12.1. The molecule has 2 unspecified atom stereocenters. The van der Waals surface area contributed by atoms with E-state index in [-0.39, 0.29) is 18.6 Å². The minimum Gasteiger partial charge on any atom is -0.483 e. The van der Waals surface area contributed by atoms with Crippen LogP contribution in [0.25, 0.3) is 0 Å². The summed E-state index contributed by atoms with van der Waals surface area (Å²) in [6, 6.07) is 4.73. The third-order valence-corrected chi connectivity index (χ3v) is 3.85. The van der Waals surface area contributed by atoms with E-state index in [1.807, 2.05) is 0 Å². The molecule has 0 bridgehead atoms. The summed E-state index contributed by atoms with van der Waals surface area (Å²) in [5.74, 6) is -1.22. The molecule has 1 aliphatic rings. The fraction of sp³-hybridized carbons (Fsp3) is 0.286. The molecule has 0 radical (unpaired) electrons. The number of hydrogen-bond donors (Lipinski definition) is 2. The van der Waals surface area contributed by atoms with Gasteiger partial charge >= 0.3 is 5.97 Å². The number of carbonyl (C=O) groups excluding carboxylic acids is 1. The molecule has 0 aromatic heterocycles. The van der Waals surface area contributed by atoms with Crippen molar-refractivity contribution in [2.24, 2.45) is 5.92 Å². The van der Waals surface area contributed by atoms with Crippen LogP contribution in [0.5, 0.6) is 5.75 Å². The predicted octanol–water partition coefficient (Wildman–Crippen LogP) is 2.63. The zero-order valence-electron chi connectivity index (χ0n) is 10.9. The second-order valence-electron chi connectivity index (χ2n) is 4.60. The van der Waals surface area contributed by atoms with Crippen LogP contribution in [0.4, 0.5) is 0 Å². The van der Waals surface area contributed by atoms with Gasteiger partial charge in [0.05, 0.1) is 10.4 Å². The molecule has 1 aliphatic carbocycles. The molecule has 0 fully saturated rings. The lowest BCUT2D eigenvalue weighted by Gasteiger charge is -2.13. The van der Waals surface area contributed by atoms with Gasteiger partial charge in [-0.2, -0.15) is 0 Å². The number of nitrogens with one attached hydrogen (secondary N) is 1. The second kappa shape index (κ2) is 6.95. The highest BCUT2D eigenvalue weighted by molar-refractivity contribution is 9.10. The number of carboxylic acid groups (broad SMARTS) is 1. The first-order valence-electron chi connectivity index (χ1n) is 6.24. The van der Waals surface area contributed by atoms with Crippen LogP contribution in [0.1, 0.15) is 6.42 Å². The number of rotatable bonds is 5. The SMILES string of the molecule is O=C(COc1ccc(Cl)cc1Br)NC1C=CC(C(=O)O)C1. The Balaban J connectivity index is 1.81. The molecule has 112 valence electrons. The summed E-state index contributed by atoms with van der Waals surface area (Å²) in [7, 11) is 0. The van der Waals surface area contributed by atoms with Crippen LogP contribution >= 0.6 is 27.5 Å². The molecule has 1 aromatic rings. The maximum atomic E-state index is 11.8. The molecule has 1 amide bonds. The highest BCUT2D eigenvalue weighted by Gasteiger charge is 2.25. The summed E-state index contributed by atoms with van der Waals surface area (Å²) < 4.78 is 6.04. The lowest BCUT2D eigenvalue weighted by molar-refractivity contribution is -0.140. The van der Waals surface area contributed by atoms with Gasteiger partial charge in [-0.05, 0) is 40.5 Å². The van der Waals surface area contributed by atoms with E-state index < -0.39 is 11.9 Å². The third kappa shape index (κ3) is 4.47. The Morgan fingerprint density at radius 2 is 2.19 bits per heavy atom. The van der Waals surface area contributed by atoms with Crippen molar-refractivity contribution >= 4 is 39.4 Å². The molecule has 0 saturated carbocycles. The Bertz CT molecular complexity index is 590. The first kappa shape index (κ1) is 15.9. The number of benzene rings is 1. The van der Waals surface area contributed by atoms with Crippen molar-refractivity contribution in [3.8, 4) is 5.75 Å². The topological polar surface area (TPSA) is 75.6 Å². The molecular weight excluding hydrogens is 362 g/mol. The number of aliphatic carboxylic acids is 1. The molecule has 21 heavy (non-hydrogen) atoms. The number of hydrogen-bond acceptors (Lipinski definition) is 3. The van der Waals surface area contributed by atoms with Crippen LogP contribution in [-0.2, 0) is 9.59 Å². The van der Waals surface area contributed by atoms with Gasteiger partial charge in [0.25, 0.3) is 5.91 Å². The van der Waals surface area contributed by atoms with E-state index in [9.17, 15) is 9.59 Å². The van der Waals surface area contributed by atoms with Crippen molar-refractivity contribution in [3.05, 3.63) is 39.8 Å². The summed E-state index contributed by atoms with van der Waals surface area (Å²) in [4.78, 5) is 22.6. The highest BCUT2D eigenvalue weighted by Crippen LogP contribution is 2.27. The molecule has 0 saturated heterocycles.